The van der Waals surface area contributed by atoms with E-state index in [9.17, 15) is 4.79 Å². The van der Waals surface area contributed by atoms with Gasteiger partial charge in [0, 0.05) is 17.3 Å². The molecule has 17 heavy (non-hydrogen) atoms. The molecule has 1 aromatic heterocycles. The summed E-state index contributed by atoms with van der Waals surface area (Å²) in [5.74, 6) is -0.0289. The van der Waals surface area contributed by atoms with Crippen molar-refractivity contribution in [2.75, 3.05) is 0 Å². The molecule has 1 fully saturated rings. The van der Waals surface area contributed by atoms with E-state index in [1.165, 1.54) is 25.7 Å². The molecular formula is C13H21N3O. The molecule has 1 aliphatic carbocycles. The highest BCUT2D eigenvalue weighted by Crippen LogP contribution is 2.18. The summed E-state index contributed by atoms with van der Waals surface area (Å²) in [6.45, 7) is 3.87. The number of hydrogen-bond donors (Lipinski definition) is 2. The van der Waals surface area contributed by atoms with Gasteiger partial charge in [-0.15, -0.1) is 0 Å². The molecule has 1 amide bonds. The van der Waals surface area contributed by atoms with Crippen LogP contribution in [0.2, 0.25) is 0 Å². The Morgan fingerprint density at radius 1 is 1.24 bits per heavy atom. The van der Waals surface area contributed by atoms with Crippen molar-refractivity contribution in [2.45, 2.75) is 58.4 Å². The third-order valence-electron chi connectivity index (χ3n) is 3.66. The predicted molar refractivity (Wildman–Crippen MR) is 67.0 cm³/mol. The molecule has 94 valence electrons. The smallest absolute Gasteiger partial charge is 0.272 e. The van der Waals surface area contributed by atoms with Gasteiger partial charge in [-0.3, -0.25) is 9.89 Å². The number of H-pyrrole nitrogens is 1. The minimum absolute atomic E-state index is 0.0289. The van der Waals surface area contributed by atoms with E-state index in [0.717, 1.165) is 24.1 Å². The first kappa shape index (κ1) is 12.1. The number of aromatic nitrogens is 2. The van der Waals surface area contributed by atoms with Gasteiger partial charge in [0.2, 0.25) is 0 Å². The van der Waals surface area contributed by atoms with E-state index in [2.05, 4.69) is 15.5 Å². The van der Waals surface area contributed by atoms with Crippen LogP contribution in [0.15, 0.2) is 0 Å². The van der Waals surface area contributed by atoms with Crippen LogP contribution in [0.1, 0.15) is 60.3 Å². The summed E-state index contributed by atoms with van der Waals surface area (Å²) in [6.07, 6.45) is 7.26. The van der Waals surface area contributed by atoms with E-state index in [1.807, 2.05) is 13.8 Å². The van der Waals surface area contributed by atoms with Crippen LogP contribution in [0.4, 0.5) is 0 Å². The minimum Gasteiger partial charge on any atom is -0.348 e. The first-order chi connectivity index (χ1) is 8.18. The molecule has 1 heterocycles. The number of aromatic amines is 1. The lowest BCUT2D eigenvalue weighted by Crippen LogP contribution is -2.35. The highest BCUT2D eigenvalue weighted by atomic mass is 16.2. The number of aryl methyl sites for hydroxylation is 1. The third-order valence-corrected chi connectivity index (χ3v) is 3.66. The van der Waals surface area contributed by atoms with Crippen molar-refractivity contribution < 1.29 is 4.79 Å². The first-order valence-corrected chi connectivity index (χ1v) is 6.51. The molecule has 0 atom stereocenters. The Hall–Kier alpha value is -1.32. The average Bonchev–Trinajstić information content (AvgIpc) is 2.55. The molecule has 2 N–H and O–H groups in total. The summed E-state index contributed by atoms with van der Waals surface area (Å²) in [6, 6.07) is 0.335. The Morgan fingerprint density at radius 2 is 1.88 bits per heavy atom. The van der Waals surface area contributed by atoms with Crippen LogP contribution in [-0.2, 0) is 0 Å². The van der Waals surface area contributed by atoms with Crippen LogP contribution in [0.3, 0.4) is 0 Å². The van der Waals surface area contributed by atoms with Gasteiger partial charge in [-0.05, 0) is 26.7 Å². The summed E-state index contributed by atoms with van der Waals surface area (Å²) in [5, 5.41) is 10.0. The van der Waals surface area contributed by atoms with Crippen molar-refractivity contribution >= 4 is 5.91 Å². The molecule has 0 spiro atoms. The lowest BCUT2D eigenvalue weighted by atomic mass is 10.1. The fourth-order valence-corrected chi connectivity index (χ4v) is 2.38. The molecule has 1 aliphatic rings. The van der Waals surface area contributed by atoms with Crippen molar-refractivity contribution in [3.05, 3.63) is 17.0 Å². The molecule has 0 unspecified atom stereocenters. The van der Waals surface area contributed by atoms with Crippen molar-refractivity contribution in [3.63, 3.8) is 0 Å². The zero-order chi connectivity index (χ0) is 12.3. The van der Waals surface area contributed by atoms with E-state index in [-0.39, 0.29) is 5.91 Å². The highest BCUT2D eigenvalue weighted by molar-refractivity contribution is 5.94. The normalized spacial score (nSPS) is 17.8. The number of carbonyl (C=O) groups excluding carboxylic acids is 1. The third kappa shape index (κ3) is 2.87. The number of amides is 1. The minimum atomic E-state index is -0.0289. The summed E-state index contributed by atoms with van der Waals surface area (Å²) < 4.78 is 0. The van der Waals surface area contributed by atoms with Gasteiger partial charge in [0.15, 0.2) is 5.69 Å². The van der Waals surface area contributed by atoms with Gasteiger partial charge in [0.25, 0.3) is 5.91 Å². The molecule has 0 bridgehead atoms. The molecular weight excluding hydrogens is 214 g/mol. The summed E-state index contributed by atoms with van der Waals surface area (Å²) in [4.78, 5) is 12.1. The van der Waals surface area contributed by atoms with Crippen LogP contribution < -0.4 is 5.32 Å². The van der Waals surface area contributed by atoms with Gasteiger partial charge in [-0.25, -0.2) is 0 Å². The Kier molecular flexibility index (Phi) is 3.82. The molecule has 0 aliphatic heterocycles. The summed E-state index contributed by atoms with van der Waals surface area (Å²) >= 11 is 0. The number of hydrogen-bond acceptors (Lipinski definition) is 2. The molecule has 4 heteroatoms. The van der Waals surface area contributed by atoms with Gasteiger partial charge in [0.1, 0.15) is 0 Å². The first-order valence-electron chi connectivity index (χ1n) is 6.51. The molecule has 1 saturated carbocycles. The van der Waals surface area contributed by atoms with Crippen molar-refractivity contribution in [2.24, 2.45) is 0 Å². The maximum absolute atomic E-state index is 12.1. The lowest BCUT2D eigenvalue weighted by Gasteiger charge is -2.15. The van der Waals surface area contributed by atoms with Gasteiger partial charge in [-0.1, -0.05) is 25.7 Å². The molecule has 0 radical (unpaired) electrons. The molecule has 2 rings (SSSR count). The van der Waals surface area contributed by atoms with Gasteiger partial charge in [0.05, 0.1) is 0 Å². The Bertz CT molecular complexity index is 389. The summed E-state index contributed by atoms with van der Waals surface area (Å²) in [5.41, 5.74) is 2.47. The van der Waals surface area contributed by atoms with Crippen LogP contribution in [0.25, 0.3) is 0 Å². The Balaban J connectivity index is 1.98. The van der Waals surface area contributed by atoms with Crippen LogP contribution in [0, 0.1) is 13.8 Å². The van der Waals surface area contributed by atoms with E-state index < -0.39 is 0 Å². The van der Waals surface area contributed by atoms with E-state index in [1.54, 1.807) is 0 Å². The molecule has 1 aromatic rings. The SMILES string of the molecule is Cc1[nH]nc(C(=O)NC2CCCCCC2)c1C. The van der Waals surface area contributed by atoms with Gasteiger partial charge in [-0.2, -0.15) is 5.10 Å². The highest BCUT2D eigenvalue weighted by Gasteiger charge is 2.19. The zero-order valence-electron chi connectivity index (χ0n) is 10.7. The zero-order valence-corrected chi connectivity index (χ0v) is 10.7. The monoisotopic (exact) mass is 235 g/mol. The van der Waals surface area contributed by atoms with Crippen molar-refractivity contribution in [1.82, 2.24) is 15.5 Å². The van der Waals surface area contributed by atoms with Gasteiger partial charge < -0.3 is 5.32 Å². The van der Waals surface area contributed by atoms with E-state index >= 15 is 0 Å². The van der Waals surface area contributed by atoms with Crippen molar-refractivity contribution in [1.29, 1.82) is 0 Å². The largest absolute Gasteiger partial charge is 0.348 e. The van der Waals surface area contributed by atoms with Crippen LogP contribution >= 0.6 is 0 Å². The summed E-state index contributed by atoms with van der Waals surface area (Å²) in [7, 11) is 0. The standard InChI is InChI=1S/C13H21N3O/c1-9-10(2)15-16-12(9)13(17)14-11-7-5-3-4-6-8-11/h11H,3-8H2,1-2H3,(H,14,17)(H,15,16). The Labute approximate surface area is 102 Å². The second kappa shape index (κ2) is 5.34. The topological polar surface area (TPSA) is 57.8 Å². The second-order valence-corrected chi connectivity index (χ2v) is 4.98. The quantitative estimate of drug-likeness (QED) is 0.774. The molecule has 0 saturated heterocycles. The molecule has 0 aromatic carbocycles. The number of carbonyl (C=O) groups is 1. The Morgan fingerprint density at radius 3 is 2.41 bits per heavy atom. The lowest BCUT2D eigenvalue weighted by molar-refractivity contribution is 0.0927. The predicted octanol–water partition coefficient (Wildman–Crippen LogP) is 2.48. The maximum atomic E-state index is 12.1. The average molecular weight is 235 g/mol. The van der Waals surface area contributed by atoms with Gasteiger partial charge >= 0.3 is 0 Å². The van der Waals surface area contributed by atoms with E-state index in [0.29, 0.717) is 11.7 Å². The van der Waals surface area contributed by atoms with Crippen LogP contribution in [0.5, 0.6) is 0 Å². The van der Waals surface area contributed by atoms with Crippen LogP contribution in [-0.4, -0.2) is 22.1 Å². The van der Waals surface area contributed by atoms with Crippen molar-refractivity contribution in [3.8, 4) is 0 Å². The fourth-order valence-electron chi connectivity index (χ4n) is 2.38. The van der Waals surface area contributed by atoms with E-state index in [4.69, 9.17) is 0 Å². The second-order valence-electron chi connectivity index (χ2n) is 4.98. The number of rotatable bonds is 2. The number of nitrogens with one attached hydrogen (secondary N) is 2. The maximum Gasteiger partial charge on any atom is 0.272 e. The molecule has 4 nitrogen and oxygen atoms in total. The fraction of sp³-hybridized carbons (Fsp3) is 0.692. The number of nitrogens with zero attached hydrogens (tertiary/aromatic N) is 1.